The van der Waals surface area contributed by atoms with E-state index in [4.69, 9.17) is 31.1 Å². The van der Waals surface area contributed by atoms with Crippen molar-refractivity contribution in [1.82, 2.24) is 20.3 Å². The van der Waals surface area contributed by atoms with Crippen molar-refractivity contribution in [2.24, 2.45) is 0 Å². The fourth-order valence-corrected chi connectivity index (χ4v) is 5.81. The predicted molar refractivity (Wildman–Crippen MR) is 230 cm³/mol. The third kappa shape index (κ3) is 21.5. The number of carboxylic acid groups (broad SMARTS) is 1. The lowest BCUT2D eigenvalue weighted by molar-refractivity contribution is -0.193. The van der Waals surface area contributed by atoms with Crippen molar-refractivity contribution >= 4 is 83.2 Å². The number of carboxylic acids is 1. The quantitative estimate of drug-likeness (QED) is 0.0362. The van der Waals surface area contributed by atoms with Gasteiger partial charge in [-0.2, -0.15) is 15.0 Å². The first-order valence-electron chi connectivity index (χ1n) is 18.7. The molecule has 2 heterocycles. The number of aliphatic carboxylic acids is 1. The van der Waals surface area contributed by atoms with E-state index in [1.54, 1.807) is 0 Å². The number of carbonyl (C=O) groups excluding carboxylic acids is 3. The summed E-state index contributed by atoms with van der Waals surface area (Å²) in [6.07, 6.45) is 13.2. The second-order valence-electron chi connectivity index (χ2n) is 14.3. The molecule has 1 aromatic carbocycles. The summed E-state index contributed by atoms with van der Waals surface area (Å²) in [5, 5.41) is 17.0. The Hall–Kier alpha value is -3.52. The molecule has 59 heavy (non-hydrogen) atoms. The molecule has 0 saturated carbocycles. The van der Waals surface area contributed by atoms with Gasteiger partial charge in [-0.3, -0.25) is 19.7 Å². The van der Waals surface area contributed by atoms with Crippen LogP contribution in [-0.4, -0.2) is 112 Å². The smallest absolute Gasteiger partial charge is 0.344 e. The van der Waals surface area contributed by atoms with Gasteiger partial charge in [0.05, 0.1) is 48.9 Å². The van der Waals surface area contributed by atoms with Gasteiger partial charge >= 0.3 is 11.9 Å². The zero-order valence-electron chi connectivity index (χ0n) is 35.1. The summed E-state index contributed by atoms with van der Waals surface area (Å²) in [7, 11) is -3.71. The number of nitrogens with one attached hydrogen (secondary N) is 3. The number of carbonyl (C=O) groups is 4. The number of esters is 1. The normalized spacial score (nSPS) is 14.4. The van der Waals surface area contributed by atoms with Crippen molar-refractivity contribution in [3.8, 4) is 5.75 Å². The number of benzene rings is 1. The van der Waals surface area contributed by atoms with E-state index in [0.717, 1.165) is 54.8 Å². The zero-order chi connectivity index (χ0) is 44.9. The Kier molecular flexibility index (Phi) is 24.2. The van der Waals surface area contributed by atoms with Crippen LogP contribution in [0.1, 0.15) is 79.6 Å². The molecule has 0 bridgehead atoms. The zero-order valence-corrected chi connectivity index (χ0v) is 38.4. The summed E-state index contributed by atoms with van der Waals surface area (Å²) in [6, 6.07) is 2.15. The summed E-state index contributed by atoms with van der Waals surface area (Å²) in [5.74, 6) is -2.34. The maximum absolute atomic E-state index is 14.5. The molecule has 4 rings (SSSR count). The van der Waals surface area contributed by atoms with Crippen LogP contribution >= 0.6 is 31.0 Å². The fraction of sp³-hybridized carbons (Fsp3) is 0.595. The molecule has 17 nitrogen and oxygen atoms in total. The third-order valence-electron chi connectivity index (χ3n) is 7.20. The van der Waals surface area contributed by atoms with E-state index < -0.39 is 56.6 Å². The molecule has 1 aliphatic heterocycles. The third-order valence-corrected chi connectivity index (χ3v) is 8.66. The SMILES string of the molecule is CCCCCOC(=O)COc1cc(N2C(=O)C3=C(CCCC3)C2=O)c(F)cc1Cl.CCNc1nc(NC(C)(C)C)nc(SC)n1.C[S+](C)C.O=C(O)CNCP(=O)([O-])O. The second kappa shape index (κ2) is 26.6. The van der Waals surface area contributed by atoms with E-state index in [9.17, 15) is 33.0 Å². The predicted octanol–water partition coefficient (Wildman–Crippen LogP) is 5.23. The van der Waals surface area contributed by atoms with Crippen LogP contribution in [0, 0.1) is 5.82 Å². The number of aromatic nitrogens is 3. The number of halogens is 2. The van der Waals surface area contributed by atoms with E-state index >= 15 is 0 Å². The van der Waals surface area contributed by atoms with Crippen LogP contribution in [0.15, 0.2) is 28.4 Å². The summed E-state index contributed by atoms with van der Waals surface area (Å²) >= 11 is 7.52. The number of hydrogen-bond acceptors (Lipinski definition) is 15. The molecule has 0 radical (unpaired) electrons. The number of thioether (sulfide) groups is 1. The highest BCUT2D eigenvalue weighted by Gasteiger charge is 2.41. The van der Waals surface area contributed by atoms with Crippen LogP contribution in [-0.2, 0) is 39.4 Å². The maximum Gasteiger partial charge on any atom is 0.344 e. The van der Waals surface area contributed by atoms with Gasteiger partial charge in [-0.25, -0.2) is 14.1 Å². The first-order chi connectivity index (χ1) is 27.5. The van der Waals surface area contributed by atoms with Crippen molar-refractivity contribution < 1.29 is 52.5 Å². The van der Waals surface area contributed by atoms with E-state index in [0.29, 0.717) is 53.4 Å². The summed E-state index contributed by atoms with van der Waals surface area (Å²) < 4.78 is 34.9. The molecule has 2 aromatic rings. The molecule has 2 aliphatic rings. The van der Waals surface area contributed by atoms with Gasteiger partial charge in [0, 0.05) is 29.3 Å². The van der Waals surface area contributed by atoms with E-state index in [2.05, 4.69) is 65.1 Å². The number of nitrogens with zero attached hydrogens (tertiary/aromatic N) is 4. The number of anilines is 3. The lowest BCUT2D eigenvalue weighted by Crippen LogP contribution is -2.32. The fourth-order valence-electron chi connectivity index (χ4n) is 4.86. The Labute approximate surface area is 357 Å². The maximum atomic E-state index is 14.5. The molecule has 0 saturated heterocycles. The molecule has 1 aliphatic carbocycles. The highest BCUT2D eigenvalue weighted by molar-refractivity contribution is 7.98. The van der Waals surface area contributed by atoms with Crippen molar-refractivity contribution in [3.05, 3.63) is 34.1 Å². The lowest BCUT2D eigenvalue weighted by atomic mass is 9.93. The van der Waals surface area contributed by atoms with Crippen molar-refractivity contribution in [2.75, 3.05) is 73.1 Å². The van der Waals surface area contributed by atoms with Gasteiger partial charge in [0.25, 0.3) is 11.8 Å². The number of ether oxygens (including phenoxy) is 2. The number of unbranched alkanes of at least 4 members (excludes halogenated alkanes) is 2. The minimum Gasteiger partial charge on any atom is -0.778 e. The second-order valence-corrected chi connectivity index (χ2v) is 19.5. The van der Waals surface area contributed by atoms with Crippen molar-refractivity contribution in [2.45, 2.75) is 90.3 Å². The van der Waals surface area contributed by atoms with Crippen molar-refractivity contribution in [3.63, 3.8) is 0 Å². The highest BCUT2D eigenvalue weighted by Crippen LogP contribution is 2.39. The van der Waals surface area contributed by atoms with Crippen LogP contribution in [0.4, 0.5) is 22.0 Å². The molecule has 1 aromatic heterocycles. The standard InChI is InChI=1S/C21H23ClFNO5.C10H19N5S.C3H8NO5P.C3H9S/c1-2-3-6-9-28-19(25)12-29-18-11-17(16(23)10-15(18)22)24-20(26)13-7-4-5-8-14(13)21(24)27;1-6-11-7-12-8(15-10(2,3)4)14-9(13-7)16-5;5-3(6)1-4-2-10(7,8)9;1-4(2)3/h10-11H,2-9,12H2,1H3;6H2,1-5H3,(H2,11,12,13,14,15);4H,1-2H2,(H,5,6)(H2,7,8,9);1-3H3/q;;;+1/p-1. The monoisotopic (exact) mass is 909 g/mol. The van der Waals surface area contributed by atoms with Gasteiger partial charge in [-0.05, 0) is 83.0 Å². The molecule has 5 N–H and O–H groups in total. The lowest BCUT2D eigenvalue weighted by Gasteiger charge is -2.20. The van der Waals surface area contributed by atoms with Gasteiger partial charge < -0.3 is 39.6 Å². The Morgan fingerprint density at radius 2 is 1.63 bits per heavy atom. The van der Waals surface area contributed by atoms with Crippen LogP contribution in [0.5, 0.6) is 5.75 Å². The number of hydrogen-bond donors (Lipinski definition) is 5. The van der Waals surface area contributed by atoms with Crippen LogP contribution in [0.3, 0.4) is 0 Å². The average molecular weight is 910 g/mol. The Bertz CT molecular complexity index is 1770. The van der Waals surface area contributed by atoms with Crippen LogP contribution in [0.2, 0.25) is 5.02 Å². The van der Waals surface area contributed by atoms with Gasteiger partial charge in [-0.15, -0.1) is 0 Å². The molecule has 0 spiro atoms. The summed E-state index contributed by atoms with van der Waals surface area (Å²) in [5.41, 5.74) is 0.619. The number of rotatable bonds is 16. The molecular weight excluding hydrogens is 852 g/mol. The summed E-state index contributed by atoms with van der Waals surface area (Å²) in [6.45, 7) is 10.5. The minimum atomic E-state index is -4.35. The van der Waals surface area contributed by atoms with Crippen molar-refractivity contribution in [1.29, 1.82) is 0 Å². The molecule has 0 fully saturated rings. The minimum absolute atomic E-state index is 0.000883. The molecule has 22 heteroatoms. The molecule has 1 unspecified atom stereocenters. The Morgan fingerprint density at radius 3 is 2.12 bits per heavy atom. The first kappa shape index (κ1) is 53.5. The highest BCUT2D eigenvalue weighted by atomic mass is 35.5. The Morgan fingerprint density at radius 1 is 1.05 bits per heavy atom. The summed E-state index contributed by atoms with van der Waals surface area (Å²) in [4.78, 5) is 78.6. The first-order valence-corrected chi connectivity index (χ1v) is 24.5. The van der Waals surface area contributed by atoms with E-state index in [1.807, 2.05) is 25.4 Å². The van der Waals surface area contributed by atoms with E-state index in [1.165, 1.54) is 17.8 Å². The van der Waals surface area contributed by atoms with Gasteiger partial charge in [0.15, 0.2) is 11.8 Å². The molecule has 332 valence electrons. The molecular formula is C37H58ClFN7O10PS2. The van der Waals surface area contributed by atoms with Gasteiger partial charge in [0.2, 0.25) is 11.9 Å². The molecule has 2 amide bonds. The number of amides is 2. The van der Waals surface area contributed by atoms with Crippen LogP contribution in [0.25, 0.3) is 0 Å². The average Bonchev–Trinajstić information content (AvgIpc) is 3.37. The topological polar surface area (TPSA) is 245 Å². The van der Waals surface area contributed by atoms with Gasteiger partial charge in [-0.1, -0.05) is 43.1 Å². The molecule has 1 atom stereocenters. The van der Waals surface area contributed by atoms with Gasteiger partial charge in [0.1, 0.15) is 19.2 Å². The number of imide groups is 1. The van der Waals surface area contributed by atoms with E-state index in [-0.39, 0.29) is 22.0 Å². The largest absolute Gasteiger partial charge is 0.778 e. The Balaban J connectivity index is 0.000000485. The van der Waals surface area contributed by atoms with Crippen LogP contribution < -0.4 is 30.5 Å².